The Morgan fingerprint density at radius 2 is 1.86 bits per heavy atom. The molecule has 0 radical (unpaired) electrons. The summed E-state index contributed by atoms with van der Waals surface area (Å²) < 4.78 is 0.832. The molecule has 0 bridgehead atoms. The Balaban J connectivity index is 2.02. The van der Waals surface area contributed by atoms with E-state index in [2.05, 4.69) is 15.9 Å². The van der Waals surface area contributed by atoms with Crippen molar-refractivity contribution in [1.29, 1.82) is 0 Å². The van der Waals surface area contributed by atoms with Gasteiger partial charge in [-0.05, 0) is 53.4 Å². The van der Waals surface area contributed by atoms with E-state index in [9.17, 15) is 9.59 Å². The second-order valence-corrected chi connectivity index (χ2v) is 6.64. The molecule has 1 saturated heterocycles. The molecule has 2 rings (SSSR count). The van der Waals surface area contributed by atoms with Crippen LogP contribution < -0.4 is 0 Å². The van der Waals surface area contributed by atoms with Crippen molar-refractivity contribution in [2.45, 2.75) is 19.8 Å². The molecule has 1 aliphatic rings. The van der Waals surface area contributed by atoms with Crippen LogP contribution >= 0.6 is 15.9 Å². The highest BCUT2D eigenvalue weighted by Gasteiger charge is 2.29. The van der Waals surface area contributed by atoms with Crippen LogP contribution in [0.3, 0.4) is 0 Å². The number of hydrogen-bond acceptors (Lipinski definition) is 2. The first kappa shape index (κ1) is 16.0. The zero-order valence-electron chi connectivity index (χ0n) is 12.7. The molecule has 1 aliphatic heterocycles. The van der Waals surface area contributed by atoms with Gasteiger partial charge in [0, 0.05) is 37.6 Å². The molecule has 0 aliphatic carbocycles. The third-order valence-corrected chi connectivity index (χ3v) is 4.58. The number of likely N-dealkylation sites (tertiary alicyclic amines) is 1. The van der Waals surface area contributed by atoms with E-state index in [4.69, 9.17) is 0 Å². The van der Waals surface area contributed by atoms with E-state index >= 15 is 0 Å². The molecule has 0 spiro atoms. The van der Waals surface area contributed by atoms with Crippen LogP contribution in [0.2, 0.25) is 0 Å². The lowest BCUT2D eigenvalue weighted by Gasteiger charge is -2.32. The Morgan fingerprint density at radius 3 is 2.38 bits per heavy atom. The Morgan fingerprint density at radius 1 is 1.24 bits per heavy atom. The van der Waals surface area contributed by atoms with Crippen molar-refractivity contribution in [2.75, 3.05) is 27.2 Å². The van der Waals surface area contributed by atoms with Crippen LogP contribution in [0.25, 0.3) is 0 Å². The summed E-state index contributed by atoms with van der Waals surface area (Å²) in [7, 11) is 3.56. The van der Waals surface area contributed by atoms with Gasteiger partial charge in [-0.25, -0.2) is 0 Å². The van der Waals surface area contributed by atoms with Crippen LogP contribution in [-0.2, 0) is 4.79 Å². The maximum atomic E-state index is 12.5. The molecule has 0 saturated carbocycles. The third kappa shape index (κ3) is 3.64. The van der Waals surface area contributed by atoms with E-state index in [0.29, 0.717) is 18.7 Å². The average Bonchev–Trinajstić information content (AvgIpc) is 2.46. The molecule has 0 unspecified atom stereocenters. The van der Waals surface area contributed by atoms with Crippen molar-refractivity contribution in [3.05, 3.63) is 33.8 Å². The van der Waals surface area contributed by atoms with Gasteiger partial charge in [-0.2, -0.15) is 0 Å². The summed E-state index contributed by atoms with van der Waals surface area (Å²) in [5, 5.41) is 0. The van der Waals surface area contributed by atoms with E-state index in [1.54, 1.807) is 19.0 Å². The summed E-state index contributed by atoms with van der Waals surface area (Å²) in [5.41, 5.74) is 1.81. The normalized spacial score (nSPS) is 15.9. The number of carbonyl (C=O) groups excluding carboxylic acids is 2. The number of rotatable bonds is 2. The number of aryl methyl sites for hydroxylation is 1. The van der Waals surface area contributed by atoms with Crippen LogP contribution in [0.5, 0.6) is 0 Å². The number of piperidine rings is 1. The number of nitrogens with zero attached hydrogens (tertiary/aromatic N) is 2. The molecule has 1 aromatic rings. The molecule has 0 aromatic heterocycles. The molecule has 21 heavy (non-hydrogen) atoms. The van der Waals surface area contributed by atoms with Gasteiger partial charge in [0.1, 0.15) is 0 Å². The zero-order valence-corrected chi connectivity index (χ0v) is 14.3. The van der Waals surface area contributed by atoms with Gasteiger partial charge in [0.2, 0.25) is 5.91 Å². The lowest BCUT2D eigenvalue weighted by Crippen LogP contribution is -2.42. The quantitative estimate of drug-likeness (QED) is 0.820. The summed E-state index contributed by atoms with van der Waals surface area (Å²) in [4.78, 5) is 28.0. The van der Waals surface area contributed by atoms with Gasteiger partial charge in [0.05, 0.1) is 5.56 Å². The maximum absolute atomic E-state index is 12.5. The van der Waals surface area contributed by atoms with Crippen LogP contribution in [0.4, 0.5) is 0 Å². The summed E-state index contributed by atoms with van der Waals surface area (Å²) in [6.45, 7) is 3.28. The van der Waals surface area contributed by atoms with Gasteiger partial charge in [-0.15, -0.1) is 0 Å². The van der Waals surface area contributed by atoms with Crippen LogP contribution in [-0.4, -0.2) is 48.8 Å². The lowest BCUT2D eigenvalue weighted by atomic mass is 9.95. The topological polar surface area (TPSA) is 40.6 Å². The molecule has 1 fully saturated rings. The molecule has 0 atom stereocenters. The first-order valence-electron chi connectivity index (χ1n) is 7.16. The van der Waals surface area contributed by atoms with E-state index in [0.717, 1.165) is 22.9 Å². The Bertz CT molecular complexity index is 549. The molecule has 1 heterocycles. The molecule has 4 nitrogen and oxygen atoms in total. The van der Waals surface area contributed by atoms with E-state index in [-0.39, 0.29) is 17.7 Å². The number of halogens is 1. The average molecular weight is 353 g/mol. The van der Waals surface area contributed by atoms with Crippen molar-refractivity contribution in [2.24, 2.45) is 5.92 Å². The fraction of sp³-hybridized carbons (Fsp3) is 0.500. The fourth-order valence-electron chi connectivity index (χ4n) is 2.66. The molecular formula is C16H21BrN2O2. The second-order valence-electron chi connectivity index (χ2n) is 5.78. The molecule has 0 N–H and O–H groups in total. The molecule has 114 valence electrons. The van der Waals surface area contributed by atoms with Crippen molar-refractivity contribution < 1.29 is 9.59 Å². The van der Waals surface area contributed by atoms with Gasteiger partial charge in [-0.1, -0.05) is 6.07 Å². The fourth-order valence-corrected chi connectivity index (χ4v) is 3.32. The smallest absolute Gasteiger partial charge is 0.254 e. The number of amides is 2. The maximum Gasteiger partial charge on any atom is 0.254 e. The van der Waals surface area contributed by atoms with Crippen LogP contribution in [0.1, 0.15) is 28.8 Å². The minimum atomic E-state index is 0.0395. The lowest BCUT2D eigenvalue weighted by molar-refractivity contribution is -0.134. The summed E-state index contributed by atoms with van der Waals surface area (Å²) in [5.74, 6) is 0.252. The highest BCUT2D eigenvalue weighted by molar-refractivity contribution is 9.10. The molecular weight excluding hydrogens is 332 g/mol. The Kier molecular flexibility index (Phi) is 5.04. The predicted octanol–water partition coefficient (Wildman–Crippen LogP) is 2.70. The van der Waals surface area contributed by atoms with E-state index < -0.39 is 0 Å². The van der Waals surface area contributed by atoms with Gasteiger partial charge in [0.15, 0.2) is 0 Å². The van der Waals surface area contributed by atoms with Crippen molar-refractivity contribution in [3.63, 3.8) is 0 Å². The SMILES string of the molecule is Cc1ccc(C(=O)N2CCC(C(=O)N(C)C)CC2)c(Br)c1. The second kappa shape index (κ2) is 6.60. The largest absolute Gasteiger partial charge is 0.349 e. The Labute approximate surface area is 134 Å². The van der Waals surface area contributed by atoms with Crippen molar-refractivity contribution >= 4 is 27.7 Å². The van der Waals surface area contributed by atoms with E-state index in [1.165, 1.54) is 0 Å². The van der Waals surface area contributed by atoms with Crippen molar-refractivity contribution in [1.82, 2.24) is 9.80 Å². The van der Waals surface area contributed by atoms with Crippen LogP contribution in [0, 0.1) is 12.8 Å². The summed E-state index contributed by atoms with van der Waals surface area (Å²) >= 11 is 3.46. The summed E-state index contributed by atoms with van der Waals surface area (Å²) in [6.07, 6.45) is 1.48. The van der Waals surface area contributed by atoms with Gasteiger partial charge >= 0.3 is 0 Å². The minimum Gasteiger partial charge on any atom is -0.349 e. The minimum absolute atomic E-state index is 0.0395. The first-order valence-corrected chi connectivity index (χ1v) is 7.96. The van der Waals surface area contributed by atoms with E-state index in [1.807, 2.05) is 30.0 Å². The molecule has 5 heteroatoms. The Hall–Kier alpha value is -1.36. The molecule has 2 amide bonds. The third-order valence-electron chi connectivity index (χ3n) is 3.93. The first-order chi connectivity index (χ1) is 9.90. The number of hydrogen-bond donors (Lipinski definition) is 0. The van der Waals surface area contributed by atoms with Crippen molar-refractivity contribution in [3.8, 4) is 0 Å². The zero-order chi connectivity index (χ0) is 15.6. The molecule has 1 aromatic carbocycles. The summed E-state index contributed by atoms with van der Waals surface area (Å²) in [6, 6.07) is 5.76. The van der Waals surface area contributed by atoms with Gasteiger partial charge in [-0.3, -0.25) is 9.59 Å². The number of benzene rings is 1. The van der Waals surface area contributed by atoms with Gasteiger partial charge < -0.3 is 9.80 Å². The standard InChI is InChI=1S/C16H21BrN2O2/c1-11-4-5-13(14(17)10-11)16(21)19-8-6-12(7-9-19)15(20)18(2)3/h4-5,10,12H,6-9H2,1-3H3. The number of carbonyl (C=O) groups is 2. The highest BCUT2D eigenvalue weighted by Crippen LogP contribution is 2.24. The van der Waals surface area contributed by atoms with Gasteiger partial charge in [0.25, 0.3) is 5.91 Å². The monoisotopic (exact) mass is 352 g/mol. The predicted molar refractivity (Wildman–Crippen MR) is 86.2 cm³/mol. The van der Waals surface area contributed by atoms with Crippen LogP contribution in [0.15, 0.2) is 22.7 Å². The highest BCUT2D eigenvalue weighted by atomic mass is 79.9.